The van der Waals surface area contributed by atoms with Crippen LogP contribution in [0.15, 0.2) is 0 Å². The molecule has 20 heavy (non-hydrogen) atoms. The fourth-order valence-corrected chi connectivity index (χ4v) is 1.69. The number of amides is 2. The van der Waals surface area contributed by atoms with Crippen molar-refractivity contribution in [2.45, 2.75) is 45.6 Å². The minimum atomic E-state index is -0.469. The molecule has 0 rings (SSSR count). The van der Waals surface area contributed by atoms with Gasteiger partial charge in [0.15, 0.2) is 0 Å². The minimum absolute atomic E-state index is 0.0715. The van der Waals surface area contributed by atoms with Crippen molar-refractivity contribution >= 4 is 34.8 Å². The lowest BCUT2D eigenvalue weighted by Crippen LogP contribution is -2.35. The van der Waals surface area contributed by atoms with Gasteiger partial charge in [-0.1, -0.05) is 49.3 Å². The Kier molecular flexibility index (Phi) is 12.8. The molecule has 0 spiro atoms. The van der Waals surface area contributed by atoms with E-state index < -0.39 is 18.3 Å². The molecule has 0 aromatic rings. The molecular formula is C13H25IN2O4. The van der Waals surface area contributed by atoms with E-state index in [1.54, 1.807) is 0 Å². The van der Waals surface area contributed by atoms with E-state index in [-0.39, 0.29) is 6.61 Å². The molecule has 2 amide bonds. The number of carbonyl (C=O) groups excluding carboxylic acids is 2. The average Bonchev–Trinajstić information content (AvgIpc) is 2.44. The van der Waals surface area contributed by atoms with Gasteiger partial charge in [0.25, 0.3) is 0 Å². The van der Waals surface area contributed by atoms with Gasteiger partial charge in [-0.15, -0.1) is 0 Å². The Labute approximate surface area is 134 Å². The molecule has 0 aliphatic carbocycles. The van der Waals surface area contributed by atoms with Crippen LogP contribution in [0.4, 0.5) is 9.59 Å². The van der Waals surface area contributed by atoms with Crippen molar-refractivity contribution in [1.29, 1.82) is 0 Å². The highest BCUT2D eigenvalue weighted by atomic mass is 127. The molecule has 0 saturated heterocycles. The van der Waals surface area contributed by atoms with E-state index in [9.17, 15) is 9.59 Å². The molecule has 2 N–H and O–H groups in total. The molecule has 1 unspecified atom stereocenters. The Morgan fingerprint density at radius 1 is 1.05 bits per heavy atom. The van der Waals surface area contributed by atoms with Crippen LogP contribution in [0.5, 0.6) is 0 Å². The van der Waals surface area contributed by atoms with Gasteiger partial charge in [-0.25, -0.2) is 9.59 Å². The van der Waals surface area contributed by atoms with Gasteiger partial charge in [0.05, 0.1) is 0 Å². The number of unbranched alkanes of at least 4 members (excludes halogenated alkanes) is 2. The van der Waals surface area contributed by atoms with Gasteiger partial charge in [-0.3, -0.25) is 0 Å². The van der Waals surface area contributed by atoms with Crippen molar-refractivity contribution in [3.63, 3.8) is 0 Å². The van der Waals surface area contributed by atoms with Crippen LogP contribution < -0.4 is 10.6 Å². The Hall–Kier alpha value is -0.730. The number of alkyl halides is 1. The maximum absolute atomic E-state index is 11.4. The van der Waals surface area contributed by atoms with E-state index in [1.807, 2.05) is 13.8 Å². The van der Waals surface area contributed by atoms with Crippen LogP contribution >= 0.6 is 22.6 Å². The van der Waals surface area contributed by atoms with E-state index in [2.05, 4.69) is 33.2 Å². The summed E-state index contributed by atoms with van der Waals surface area (Å²) < 4.78 is 10.7. The Balaban J connectivity index is 3.79. The predicted octanol–water partition coefficient (Wildman–Crippen LogP) is 2.84. The molecule has 1 atom stereocenters. The summed E-state index contributed by atoms with van der Waals surface area (Å²) in [4.78, 5) is 22.8. The average molecular weight is 400 g/mol. The van der Waals surface area contributed by atoms with E-state index in [1.165, 1.54) is 0 Å². The summed E-state index contributed by atoms with van der Waals surface area (Å²) in [6.45, 7) is 5.36. The normalized spacial score (nSPS) is 11.6. The highest BCUT2D eigenvalue weighted by Gasteiger charge is 2.15. The number of ether oxygens (including phenoxy) is 2. The van der Waals surface area contributed by atoms with Crippen LogP contribution in [0.2, 0.25) is 0 Å². The first-order valence-corrected chi connectivity index (χ1v) is 8.57. The fourth-order valence-electron chi connectivity index (χ4n) is 1.26. The summed E-state index contributed by atoms with van der Waals surface area (Å²) in [5.41, 5.74) is 0. The third kappa shape index (κ3) is 11.1. The number of rotatable bonds is 10. The smallest absolute Gasteiger partial charge is 0.407 e. The lowest BCUT2D eigenvalue weighted by atomic mass is 10.3. The van der Waals surface area contributed by atoms with Crippen LogP contribution in [-0.2, 0) is 9.47 Å². The van der Waals surface area contributed by atoms with Crippen LogP contribution in [-0.4, -0.2) is 42.4 Å². The first-order valence-electron chi connectivity index (χ1n) is 7.05. The largest absolute Gasteiger partial charge is 0.446 e. The molecule has 7 heteroatoms. The van der Waals surface area contributed by atoms with Crippen molar-refractivity contribution in [2.75, 3.05) is 24.1 Å². The van der Waals surface area contributed by atoms with Gasteiger partial charge in [0.2, 0.25) is 0 Å². The van der Waals surface area contributed by atoms with Crippen molar-refractivity contribution in [1.82, 2.24) is 10.6 Å². The van der Waals surface area contributed by atoms with Gasteiger partial charge in [-0.2, -0.15) is 0 Å². The molecule has 6 nitrogen and oxygen atoms in total. The van der Waals surface area contributed by atoms with Crippen molar-refractivity contribution in [2.24, 2.45) is 0 Å². The van der Waals surface area contributed by atoms with Gasteiger partial charge in [-0.05, 0) is 12.8 Å². The minimum Gasteiger partial charge on any atom is -0.446 e. The molecule has 0 aliphatic heterocycles. The van der Waals surface area contributed by atoms with Crippen LogP contribution in [0.25, 0.3) is 0 Å². The summed E-state index contributed by atoms with van der Waals surface area (Å²) in [6.07, 6.45) is 2.50. The second kappa shape index (κ2) is 13.3. The molecule has 118 valence electrons. The first-order chi connectivity index (χ1) is 9.63. The monoisotopic (exact) mass is 400 g/mol. The SMILES string of the molecule is CCCCNC(=O)OCC(CI)OC(=O)NCCCC. The summed E-state index contributed by atoms with van der Waals surface area (Å²) >= 11 is 2.09. The van der Waals surface area contributed by atoms with Gasteiger partial charge < -0.3 is 20.1 Å². The third-order valence-corrected chi connectivity index (χ3v) is 3.43. The summed E-state index contributed by atoms with van der Waals surface area (Å²) in [6, 6.07) is 0. The molecule has 0 aromatic carbocycles. The molecule has 0 heterocycles. The highest BCUT2D eigenvalue weighted by Crippen LogP contribution is 2.00. The van der Waals surface area contributed by atoms with Gasteiger partial charge >= 0.3 is 12.2 Å². The van der Waals surface area contributed by atoms with Crippen LogP contribution in [0.1, 0.15) is 39.5 Å². The number of hydrogen-bond donors (Lipinski definition) is 2. The highest BCUT2D eigenvalue weighted by molar-refractivity contribution is 14.1. The van der Waals surface area contributed by atoms with E-state index in [4.69, 9.17) is 9.47 Å². The zero-order valence-corrected chi connectivity index (χ0v) is 14.4. The summed E-state index contributed by atoms with van der Waals surface area (Å²) in [5.74, 6) is 0. The standard InChI is InChI=1S/C13H25IN2O4/c1-3-5-7-15-12(17)19-10-11(9-14)20-13(18)16-8-6-4-2/h11H,3-10H2,1-2H3,(H,15,17)(H,16,18). The van der Waals surface area contributed by atoms with Gasteiger partial charge in [0, 0.05) is 17.5 Å². The molecule has 0 aliphatic rings. The van der Waals surface area contributed by atoms with E-state index >= 15 is 0 Å². The summed E-state index contributed by atoms with van der Waals surface area (Å²) in [5, 5.41) is 5.30. The molecule has 0 bridgehead atoms. The van der Waals surface area contributed by atoms with E-state index in [0.29, 0.717) is 17.5 Å². The van der Waals surface area contributed by atoms with E-state index in [0.717, 1.165) is 25.7 Å². The fraction of sp³-hybridized carbons (Fsp3) is 0.846. The molecule has 0 radical (unpaired) electrons. The van der Waals surface area contributed by atoms with Crippen molar-refractivity contribution in [3.8, 4) is 0 Å². The third-order valence-electron chi connectivity index (χ3n) is 2.45. The second-order valence-electron chi connectivity index (χ2n) is 4.34. The Bertz CT molecular complexity index is 277. The summed E-state index contributed by atoms with van der Waals surface area (Å²) in [7, 11) is 0. The van der Waals surface area contributed by atoms with Crippen LogP contribution in [0, 0.1) is 0 Å². The zero-order valence-electron chi connectivity index (χ0n) is 12.2. The number of carbonyl (C=O) groups is 2. The topological polar surface area (TPSA) is 76.7 Å². The number of nitrogens with one attached hydrogen (secondary N) is 2. The lowest BCUT2D eigenvalue weighted by molar-refractivity contribution is 0.0566. The quantitative estimate of drug-likeness (QED) is 0.336. The number of alkyl carbamates (subject to hydrolysis) is 2. The number of halogens is 1. The van der Waals surface area contributed by atoms with Gasteiger partial charge in [0.1, 0.15) is 12.7 Å². The van der Waals surface area contributed by atoms with Crippen LogP contribution in [0.3, 0.4) is 0 Å². The molecular weight excluding hydrogens is 375 g/mol. The predicted molar refractivity (Wildman–Crippen MR) is 86.3 cm³/mol. The molecule has 0 fully saturated rings. The maximum atomic E-state index is 11.4. The Morgan fingerprint density at radius 2 is 1.60 bits per heavy atom. The molecule has 0 aromatic heterocycles. The number of hydrogen-bond acceptors (Lipinski definition) is 4. The molecule has 0 saturated carbocycles. The maximum Gasteiger partial charge on any atom is 0.407 e. The van der Waals surface area contributed by atoms with Crippen molar-refractivity contribution < 1.29 is 19.1 Å². The lowest BCUT2D eigenvalue weighted by Gasteiger charge is -2.16. The van der Waals surface area contributed by atoms with Crippen molar-refractivity contribution in [3.05, 3.63) is 0 Å². The zero-order chi connectivity index (χ0) is 15.2. The second-order valence-corrected chi connectivity index (χ2v) is 5.22. The Morgan fingerprint density at radius 3 is 2.10 bits per heavy atom. The first kappa shape index (κ1) is 19.3.